The molecule has 1 saturated carbocycles. The number of benzene rings is 1. The molecule has 1 amide bonds. The summed E-state index contributed by atoms with van der Waals surface area (Å²) in [6, 6.07) is 7.03. The Balaban J connectivity index is 0.00000182. The van der Waals surface area contributed by atoms with Gasteiger partial charge in [0.15, 0.2) is 11.5 Å². The third kappa shape index (κ3) is 2.98. The lowest BCUT2D eigenvalue weighted by Gasteiger charge is -2.34. The predicted molar refractivity (Wildman–Crippen MR) is 93.2 cm³/mol. The highest BCUT2D eigenvalue weighted by atomic mass is 35.5. The Morgan fingerprint density at radius 3 is 2.88 bits per heavy atom. The molecule has 8 nitrogen and oxygen atoms in total. The number of aromatic nitrogens is 4. The lowest BCUT2D eigenvalue weighted by molar-refractivity contribution is 0.0929. The smallest absolute Gasteiger partial charge is 0.273 e. The van der Waals surface area contributed by atoms with Crippen molar-refractivity contribution in [1.82, 2.24) is 25.7 Å². The zero-order valence-corrected chi connectivity index (χ0v) is 14.5. The molecule has 9 heteroatoms. The van der Waals surface area contributed by atoms with Crippen molar-refractivity contribution in [2.45, 2.75) is 37.8 Å². The highest BCUT2D eigenvalue weighted by Crippen LogP contribution is 2.37. The minimum absolute atomic E-state index is 0. The second kappa shape index (κ2) is 6.45. The van der Waals surface area contributed by atoms with E-state index >= 15 is 0 Å². The van der Waals surface area contributed by atoms with E-state index in [2.05, 4.69) is 25.7 Å². The lowest BCUT2D eigenvalue weighted by atomic mass is 9.77. The van der Waals surface area contributed by atoms with Gasteiger partial charge in [-0.2, -0.15) is 10.1 Å². The number of carbonyl (C=O) groups is 1. The van der Waals surface area contributed by atoms with Gasteiger partial charge >= 0.3 is 0 Å². The third-order valence-corrected chi connectivity index (χ3v) is 4.54. The maximum Gasteiger partial charge on any atom is 0.273 e. The minimum Gasteiger partial charge on any atom is -0.339 e. The van der Waals surface area contributed by atoms with Crippen LogP contribution in [-0.4, -0.2) is 26.2 Å². The highest BCUT2D eigenvalue weighted by molar-refractivity contribution is 6.04. The SMILES string of the molecule is CC(NC(=O)c1n[nH]c2ccccc12)c1nc(C2(N)CCC2)no1.Cl. The van der Waals surface area contributed by atoms with Gasteiger partial charge in [-0.25, -0.2) is 0 Å². The van der Waals surface area contributed by atoms with Crippen LogP contribution < -0.4 is 11.1 Å². The summed E-state index contributed by atoms with van der Waals surface area (Å²) in [6.07, 6.45) is 2.77. The first kappa shape index (κ1) is 17.4. The molecule has 1 aliphatic rings. The van der Waals surface area contributed by atoms with Gasteiger partial charge in [-0.05, 0) is 32.3 Å². The first-order chi connectivity index (χ1) is 11.6. The van der Waals surface area contributed by atoms with Crippen molar-refractivity contribution < 1.29 is 9.32 Å². The number of para-hydroxylation sites is 1. The molecular weight excluding hydrogens is 344 g/mol. The fourth-order valence-electron chi connectivity index (χ4n) is 2.86. The predicted octanol–water partition coefficient (Wildman–Crippen LogP) is 2.20. The first-order valence-electron chi connectivity index (χ1n) is 7.94. The number of carbonyl (C=O) groups excluding carboxylic acids is 1. The van der Waals surface area contributed by atoms with Crippen LogP contribution >= 0.6 is 12.4 Å². The summed E-state index contributed by atoms with van der Waals surface area (Å²) in [6.45, 7) is 1.79. The monoisotopic (exact) mass is 362 g/mol. The molecule has 25 heavy (non-hydrogen) atoms. The number of H-pyrrole nitrogens is 1. The number of amides is 1. The van der Waals surface area contributed by atoms with E-state index in [0.29, 0.717) is 17.4 Å². The molecule has 132 valence electrons. The number of nitrogens with one attached hydrogen (secondary N) is 2. The van der Waals surface area contributed by atoms with Crippen LogP contribution in [0.1, 0.15) is 54.4 Å². The Hall–Kier alpha value is -2.45. The van der Waals surface area contributed by atoms with Crippen LogP contribution in [0.15, 0.2) is 28.8 Å². The summed E-state index contributed by atoms with van der Waals surface area (Å²) in [7, 11) is 0. The van der Waals surface area contributed by atoms with E-state index < -0.39 is 11.6 Å². The van der Waals surface area contributed by atoms with E-state index in [-0.39, 0.29) is 18.3 Å². The fourth-order valence-corrected chi connectivity index (χ4v) is 2.86. The van der Waals surface area contributed by atoms with Crippen LogP contribution in [0, 0.1) is 0 Å². The van der Waals surface area contributed by atoms with Gasteiger partial charge in [0.2, 0.25) is 5.89 Å². The van der Waals surface area contributed by atoms with E-state index in [1.54, 1.807) is 6.92 Å². The van der Waals surface area contributed by atoms with Gasteiger partial charge in [0.05, 0.1) is 11.1 Å². The number of rotatable bonds is 4. The summed E-state index contributed by atoms with van der Waals surface area (Å²) >= 11 is 0. The summed E-state index contributed by atoms with van der Waals surface area (Å²) in [5.41, 5.74) is 6.86. The summed E-state index contributed by atoms with van der Waals surface area (Å²) in [4.78, 5) is 16.8. The van der Waals surface area contributed by atoms with E-state index in [9.17, 15) is 4.79 Å². The summed E-state index contributed by atoms with van der Waals surface area (Å²) < 4.78 is 5.27. The molecular formula is C16H19ClN6O2. The zero-order chi connectivity index (χ0) is 16.7. The molecule has 1 atom stereocenters. The van der Waals surface area contributed by atoms with Crippen molar-refractivity contribution in [3.8, 4) is 0 Å². The minimum atomic E-state index is -0.482. The first-order valence-corrected chi connectivity index (χ1v) is 7.94. The van der Waals surface area contributed by atoms with Gasteiger partial charge in [-0.1, -0.05) is 23.4 Å². The van der Waals surface area contributed by atoms with Crippen molar-refractivity contribution in [3.63, 3.8) is 0 Å². The van der Waals surface area contributed by atoms with Crippen molar-refractivity contribution >= 4 is 29.2 Å². The lowest BCUT2D eigenvalue weighted by Crippen LogP contribution is -2.44. The largest absolute Gasteiger partial charge is 0.339 e. The number of hydrogen-bond acceptors (Lipinski definition) is 6. The molecule has 2 heterocycles. The molecule has 2 aromatic heterocycles. The maximum absolute atomic E-state index is 12.5. The van der Waals surface area contributed by atoms with Crippen LogP contribution in [-0.2, 0) is 5.54 Å². The molecule has 1 aromatic carbocycles. The van der Waals surface area contributed by atoms with Crippen LogP contribution in [0.3, 0.4) is 0 Å². The molecule has 4 rings (SSSR count). The summed E-state index contributed by atoms with van der Waals surface area (Å²) in [5.74, 6) is 0.552. The second-order valence-electron chi connectivity index (χ2n) is 6.28. The van der Waals surface area contributed by atoms with Gasteiger partial charge < -0.3 is 15.6 Å². The average Bonchev–Trinajstić information content (AvgIpc) is 3.19. The molecule has 1 aliphatic carbocycles. The van der Waals surface area contributed by atoms with Crippen LogP contribution in [0.5, 0.6) is 0 Å². The Labute approximate surface area is 150 Å². The Bertz CT molecular complexity index is 901. The van der Waals surface area contributed by atoms with Crippen LogP contribution in [0.4, 0.5) is 0 Å². The topological polar surface area (TPSA) is 123 Å². The number of nitrogens with zero attached hydrogens (tertiary/aromatic N) is 3. The molecule has 0 aliphatic heterocycles. The van der Waals surface area contributed by atoms with Crippen molar-refractivity contribution in [1.29, 1.82) is 0 Å². The molecule has 3 aromatic rings. The van der Waals surface area contributed by atoms with Gasteiger partial charge in [0.1, 0.15) is 6.04 Å². The molecule has 1 fully saturated rings. The van der Waals surface area contributed by atoms with Crippen molar-refractivity contribution in [3.05, 3.63) is 41.7 Å². The molecule has 0 radical (unpaired) electrons. The molecule has 1 unspecified atom stereocenters. The Kier molecular flexibility index (Phi) is 4.49. The van der Waals surface area contributed by atoms with Crippen LogP contribution in [0.25, 0.3) is 10.9 Å². The number of hydrogen-bond donors (Lipinski definition) is 3. The number of fused-ring (bicyclic) bond motifs is 1. The normalized spacial score (nSPS) is 16.7. The summed E-state index contributed by atoms with van der Waals surface area (Å²) in [5, 5.41) is 14.5. The fraction of sp³-hybridized carbons (Fsp3) is 0.375. The molecule has 4 N–H and O–H groups in total. The van der Waals surface area contributed by atoms with Gasteiger partial charge in [0.25, 0.3) is 5.91 Å². The van der Waals surface area contributed by atoms with E-state index in [0.717, 1.165) is 30.2 Å². The Morgan fingerprint density at radius 1 is 1.40 bits per heavy atom. The zero-order valence-electron chi connectivity index (χ0n) is 13.7. The van der Waals surface area contributed by atoms with E-state index in [1.165, 1.54) is 0 Å². The van der Waals surface area contributed by atoms with E-state index in [4.69, 9.17) is 10.3 Å². The quantitative estimate of drug-likeness (QED) is 0.653. The third-order valence-electron chi connectivity index (χ3n) is 4.54. The standard InChI is InChI=1S/C16H18N6O2.ClH/c1-9(14-19-15(22-24-14)16(17)7-4-8-16)18-13(23)12-10-5-2-3-6-11(10)20-21-12;/h2-3,5-6,9H,4,7-8,17H2,1H3,(H,18,23)(H,20,21);1H. The van der Waals surface area contributed by atoms with Crippen molar-refractivity contribution in [2.75, 3.05) is 0 Å². The average molecular weight is 363 g/mol. The van der Waals surface area contributed by atoms with Gasteiger partial charge in [0, 0.05) is 5.39 Å². The highest BCUT2D eigenvalue weighted by Gasteiger charge is 2.39. The number of aromatic amines is 1. The molecule has 0 spiro atoms. The Morgan fingerprint density at radius 2 is 2.16 bits per heavy atom. The van der Waals surface area contributed by atoms with Gasteiger partial charge in [-0.3, -0.25) is 9.89 Å². The molecule has 0 bridgehead atoms. The van der Waals surface area contributed by atoms with Gasteiger partial charge in [-0.15, -0.1) is 12.4 Å². The second-order valence-corrected chi connectivity index (χ2v) is 6.28. The van der Waals surface area contributed by atoms with Crippen LogP contribution in [0.2, 0.25) is 0 Å². The van der Waals surface area contributed by atoms with Crippen molar-refractivity contribution in [2.24, 2.45) is 5.73 Å². The number of halogens is 1. The maximum atomic E-state index is 12.5. The number of nitrogens with two attached hydrogens (primary N) is 1. The molecule has 0 saturated heterocycles. The van der Waals surface area contributed by atoms with E-state index in [1.807, 2.05) is 24.3 Å².